The smallest absolute Gasteiger partial charge is 0.370 e. The van der Waals surface area contributed by atoms with Crippen molar-refractivity contribution >= 4 is 35.8 Å². The Morgan fingerprint density at radius 2 is 1.96 bits per heavy atom. The average Bonchev–Trinajstić information content (AvgIpc) is 2.55. The lowest BCUT2D eigenvalue weighted by Gasteiger charge is -2.23. The summed E-state index contributed by atoms with van der Waals surface area (Å²) in [6, 6.07) is 2.77. The predicted molar refractivity (Wildman–Crippen MR) is 104 cm³/mol. The third kappa shape index (κ3) is 8.10. The Morgan fingerprint density at radius 3 is 2.56 bits per heavy atom. The molecule has 1 aliphatic carbocycles. The van der Waals surface area contributed by atoms with Crippen molar-refractivity contribution in [2.45, 2.75) is 50.7 Å². The van der Waals surface area contributed by atoms with E-state index in [1.165, 1.54) is 25.3 Å². The molecule has 0 spiro atoms. The lowest BCUT2D eigenvalue weighted by Crippen LogP contribution is -2.41. The van der Waals surface area contributed by atoms with Gasteiger partial charge in [0.2, 0.25) is 0 Å². The van der Waals surface area contributed by atoms with Crippen LogP contribution in [0.3, 0.4) is 0 Å². The Bertz CT molecular complexity index is 528. The molecule has 142 valence electrons. The number of hydrogen-bond donors (Lipinski definition) is 3. The summed E-state index contributed by atoms with van der Waals surface area (Å²) in [5.74, 6) is 0.884. The van der Waals surface area contributed by atoms with E-state index in [0.717, 1.165) is 31.5 Å². The highest BCUT2D eigenvalue weighted by molar-refractivity contribution is 14.0. The van der Waals surface area contributed by atoms with Crippen LogP contribution in [0.1, 0.15) is 44.1 Å². The van der Waals surface area contributed by atoms with E-state index in [1.54, 1.807) is 0 Å². The first kappa shape index (κ1) is 21.8. The standard InChI is InChI=1S/C16H24F3N5.HI/c17-16(18,19)12-7-8-14(23-11-12)21-9-4-10-22-15(20)24-13-5-2-1-3-6-13;/h7-8,11,13H,1-6,9-10H2,(H,21,23)(H3,20,22,24);1H. The fourth-order valence-electron chi connectivity index (χ4n) is 2.66. The first-order chi connectivity index (χ1) is 11.4. The van der Waals surface area contributed by atoms with Gasteiger partial charge in [0.15, 0.2) is 5.96 Å². The molecule has 0 amide bonds. The molecule has 1 heterocycles. The van der Waals surface area contributed by atoms with Crippen LogP contribution in [-0.4, -0.2) is 30.1 Å². The minimum Gasteiger partial charge on any atom is -0.370 e. The Hall–Kier alpha value is -1.26. The number of aromatic nitrogens is 1. The Kier molecular flexibility index (Phi) is 9.30. The summed E-state index contributed by atoms with van der Waals surface area (Å²) in [6.07, 6.45) is 3.21. The maximum atomic E-state index is 12.4. The monoisotopic (exact) mass is 471 g/mol. The zero-order valence-electron chi connectivity index (χ0n) is 14.0. The van der Waals surface area contributed by atoms with Gasteiger partial charge in [0, 0.05) is 25.3 Å². The summed E-state index contributed by atoms with van der Waals surface area (Å²) < 4.78 is 37.3. The van der Waals surface area contributed by atoms with Crippen LogP contribution in [0.25, 0.3) is 0 Å². The number of alkyl halides is 3. The SMILES string of the molecule is I.NC(=NCCCNc1ccc(C(F)(F)F)cn1)NC1CCCCC1. The van der Waals surface area contributed by atoms with Gasteiger partial charge in [0.1, 0.15) is 5.82 Å². The van der Waals surface area contributed by atoms with Crippen LogP contribution in [0.15, 0.2) is 23.3 Å². The fraction of sp³-hybridized carbons (Fsp3) is 0.625. The molecule has 1 aromatic rings. The van der Waals surface area contributed by atoms with Crippen molar-refractivity contribution in [3.8, 4) is 0 Å². The van der Waals surface area contributed by atoms with Gasteiger partial charge in [-0.2, -0.15) is 13.2 Å². The van der Waals surface area contributed by atoms with E-state index in [-0.39, 0.29) is 24.0 Å². The third-order valence-electron chi connectivity index (χ3n) is 3.97. The van der Waals surface area contributed by atoms with E-state index in [2.05, 4.69) is 20.6 Å². The summed E-state index contributed by atoms with van der Waals surface area (Å²) in [7, 11) is 0. The third-order valence-corrected chi connectivity index (χ3v) is 3.97. The van der Waals surface area contributed by atoms with Crippen molar-refractivity contribution in [3.63, 3.8) is 0 Å². The Morgan fingerprint density at radius 1 is 1.24 bits per heavy atom. The van der Waals surface area contributed by atoms with Gasteiger partial charge < -0.3 is 16.4 Å². The summed E-state index contributed by atoms with van der Waals surface area (Å²) in [6.45, 7) is 1.12. The first-order valence-corrected chi connectivity index (χ1v) is 8.29. The zero-order valence-corrected chi connectivity index (χ0v) is 16.3. The summed E-state index contributed by atoms with van der Waals surface area (Å²) in [5.41, 5.74) is 5.10. The van der Waals surface area contributed by atoms with E-state index in [9.17, 15) is 13.2 Å². The van der Waals surface area contributed by atoms with Crippen LogP contribution in [0.2, 0.25) is 0 Å². The van der Waals surface area contributed by atoms with Crippen LogP contribution >= 0.6 is 24.0 Å². The van der Waals surface area contributed by atoms with Gasteiger partial charge >= 0.3 is 6.18 Å². The molecule has 0 atom stereocenters. The number of pyridine rings is 1. The average molecular weight is 471 g/mol. The molecule has 1 fully saturated rings. The minimum absolute atomic E-state index is 0. The second-order valence-corrected chi connectivity index (χ2v) is 5.96. The molecule has 1 saturated carbocycles. The van der Waals surface area contributed by atoms with Gasteiger partial charge in [0.25, 0.3) is 0 Å². The van der Waals surface area contributed by atoms with Gasteiger partial charge in [0.05, 0.1) is 5.56 Å². The molecular weight excluding hydrogens is 446 g/mol. The normalized spacial score (nSPS) is 16.2. The molecule has 0 saturated heterocycles. The lowest BCUT2D eigenvalue weighted by molar-refractivity contribution is -0.137. The fourth-order valence-corrected chi connectivity index (χ4v) is 2.66. The highest BCUT2D eigenvalue weighted by Gasteiger charge is 2.30. The van der Waals surface area contributed by atoms with Crippen LogP contribution in [-0.2, 0) is 6.18 Å². The second kappa shape index (κ2) is 10.7. The highest BCUT2D eigenvalue weighted by atomic mass is 127. The number of guanidine groups is 1. The molecule has 0 aromatic carbocycles. The van der Waals surface area contributed by atoms with Crippen molar-refractivity contribution < 1.29 is 13.2 Å². The number of nitrogens with zero attached hydrogens (tertiary/aromatic N) is 2. The maximum absolute atomic E-state index is 12.4. The van der Waals surface area contributed by atoms with Gasteiger partial charge in [-0.05, 0) is 31.4 Å². The molecule has 0 aliphatic heterocycles. The van der Waals surface area contributed by atoms with Crippen LogP contribution < -0.4 is 16.4 Å². The number of nitrogens with two attached hydrogens (primary N) is 1. The molecule has 0 unspecified atom stereocenters. The van der Waals surface area contributed by atoms with Gasteiger partial charge in [-0.15, -0.1) is 24.0 Å². The first-order valence-electron chi connectivity index (χ1n) is 8.29. The number of rotatable bonds is 6. The van der Waals surface area contributed by atoms with E-state index in [0.29, 0.717) is 30.9 Å². The molecule has 9 heteroatoms. The lowest BCUT2D eigenvalue weighted by atomic mass is 9.96. The molecule has 5 nitrogen and oxygen atoms in total. The molecular formula is C16H25F3IN5. The number of halogens is 4. The van der Waals surface area contributed by atoms with Crippen molar-refractivity contribution in [3.05, 3.63) is 23.9 Å². The number of aliphatic imine (C=N–C) groups is 1. The van der Waals surface area contributed by atoms with E-state index < -0.39 is 11.7 Å². The summed E-state index contributed by atoms with van der Waals surface area (Å²) in [4.78, 5) is 8.02. The van der Waals surface area contributed by atoms with Gasteiger partial charge in [-0.25, -0.2) is 4.98 Å². The Balaban J connectivity index is 0.00000312. The second-order valence-electron chi connectivity index (χ2n) is 5.96. The predicted octanol–water partition coefficient (Wildman–Crippen LogP) is 3.76. The zero-order chi connectivity index (χ0) is 17.4. The molecule has 25 heavy (non-hydrogen) atoms. The maximum Gasteiger partial charge on any atom is 0.417 e. The topological polar surface area (TPSA) is 75.3 Å². The van der Waals surface area contributed by atoms with E-state index >= 15 is 0 Å². The van der Waals surface area contributed by atoms with Gasteiger partial charge in [-0.3, -0.25) is 4.99 Å². The van der Waals surface area contributed by atoms with Crippen molar-refractivity contribution in [1.29, 1.82) is 0 Å². The molecule has 2 rings (SSSR count). The molecule has 0 bridgehead atoms. The number of hydrogen-bond acceptors (Lipinski definition) is 3. The van der Waals surface area contributed by atoms with Crippen LogP contribution in [0.5, 0.6) is 0 Å². The van der Waals surface area contributed by atoms with Crippen LogP contribution in [0, 0.1) is 0 Å². The van der Waals surface area contributed by atoms with E-state index in [1.807, 2.05) is 0 Å². The van der Waals surface area contributed by atoms with Crippen molar-refractivity contribution in [1.82, 2.24) is 10.3 Å². The molecule has 1 aromatic heterocycles. The van der Waals surface area contributed by atoms with Crippen LogP contribution in [0.4, 0.5) is 19.0 Å². The number of anilines is 1. The van der Waals surface area contributed by atoms with E-state index in [4.69, 9.17) is 5.73 Å². The largest absolute Gasteiger partial charge is 0.417 e. The molecule has 4 N–H and O–H groups in total. The quantitative estimate of drug-likeness (QED) is 0.256. The van der Waals surface area contributed by atoms with Crippen molar-refractivity contribution in [2.24, 2.45) is 10.7 Å². The molecule has 0 radical (unpaired) electrons. The minimum atomic E-state index is -4.36. The summed E-state index contributed by atoms with van der Waals surface area (Å²) in [5, 5.41) is 6.21. The van der Waals surface area contributed by atoms with Crippen molar-refractivity contribution in [2.75, 3.05) is 18.4 Å². The molecule has 1 aliphatic rings. The van der Waals surface area contributed by atoms with Gasteiger partial charge in [-0.1, -0.05) is 19.3 Å². The number of nitrogens with one attached hydrogen (secondary N) is 2. The Labute approximate surface area is 163 Å². The summed E-state index contributed by atoms with van der Waals surface area (Å²) >= 11 is 0. The highest BCUT2D eigenvalue weighted by Crippen LogP contribution is 2.28.